The maximum absolute atomic E-state index is 14.2. The number of unbranched alkanes of at least 4 members (excludes halogenated alkanes) is 1. The molecule has 0 saturated carbocycles. The zero-order valence-electron chi connectivity index (χ0n) is 25.2. The lowest BCUT2D eigenvalue weighted by molar-refractivity contribution is 0.0800. The summed E-state index contributed by atoms with van der Waals surface area (Å²) < 4.78 is 27.5. The number of nitrogens with one attached hydrogen (secondary N) is 1. The van der Waals surface area contributed by atoms with Crippen LogP contribution < -0.4 is 10.2 Å². The Balaban J connectivity index is 0.00000226. The fraction of sp³-hybridized carbons (Fsp3) is 0.469. The molecule has 0 unspecified atom stereocenters. The molecule has 0 aliphatic carbocycles. The summed E-state index contributed by atoms with van der Waals surface area (Å²) in [5, 5.41) is 13.8. The molecule has 1 fully saturated rings. The van der Waals surface area contributed by atoms with Gasteiger partial charge in [-0.3, -0.25) is 9.88 Å². The molecule has 1 aliphatic rings. The lowest BCUT2D eigenvalue weighted by Crippen LogP contribution is -2.46. The number of fused-ring (bicyclic) bond motifs is 1. The molecule has 1 saturated heterocycles. The van der Waals surface area contributed by atoms with Crippen LogP contribution in [0.5, 0.6) is 0 Å². The molecule has 3 aromatic rings. The van der Waals surface area contributed by atoms with E-state index in [2.05, 4.69) is 33.1 Å². The van der Waals surface area contributed by atoms with Gasteiger partial charge in [-0.05, 0) is 45.4 Å². The Bertz CT molecular complexity index is 1340. The molecule has 1 aromatic carbocycles. The van der Waals surface area contributed by atoms with Crippen molar-refractivity contribution in [2.75, 3.05) is 36.4 Å². The van der Waals surface area contributed by atoms with Crippen LogP contribution in [0.25, 0.3) is 11.0 Å². The van der Waals surface area contributed by atoms with Crippen molar-refractivity contribution in [2.24, 2.45) is 0 Å². The molecule has 222 valence electrons. The standard InChI is InChI=1S/C30H38F2N6O.C2H6/c1-5-7-9-23(8-6-2)34-28-29(36-26-17-24(18-30(3,4)39)33-19-27(26)35-28)38-14-12-37(13-15-38)20-21-10-11-22(31)16-25(21)32;1-2/h6,8-11,16-17,19,39H,5,7,12-15,18,20H2,1-4H3,(H,34,35);1-2H3/b8-6-,23-9+;. The highest BCUT2D eigenvalue weighted by molar-refractivity contribution is 5.81. The van der Waals surface area contributed by atoms with E-state index in [1.165, 1.54) is 12.1 Å². The van der Waals surface area contributed by atoms with Crippen molar-refractivity contribution in [1.29, 1.82) is 0 Å². The van der Waals surface area contributed by atoms with Crippen LogP contribution in [0.3, 0.4) is 0 Å². The highest BCUT2D eigenvalue weighted by atomic mass is 19.1. The van der Waals surface area contributed by atoms with E-state index in [-0.39, 0.29) is 0 Å². The molecule has 4 rings (SSSR count). The zero-order chi connectivity index (χ0) is 30.0. The van der Waals surface area contributed by atoms with E-state index < -0.39 is 17.2 Å². The van der Waals surface area contributed by atoms with Crippen LogP contribution in [0.15, 0.2) is 54.4 Å². The first-order valence-corrected chi connectivity index (χ1v) is 14.6. The molecule has 3 heterocycles. The number of benzene rings is 1. The summed E-state index contributed by atoms with van der Waals surface area (Å²) in [7, 11) is 0. The predicted octanol–water partition coefficient (Wildman–Crippen LogP) is 6.64. The number of halogens is 2. The molecule has 0 radical (unpaired) electrons. The maximum Gasteiger partial charge on any atom is 0.174 e. The number of anilines is 2. The molecule has 0 atom stereocenters. The van der Waals surface area contributed by atoms with Crippen molar-refractivity contribution in [3.63, 3.8) is 0 Å². The van der Waals surface area contributed by atoms with Crippen molar-refractivity contribution in [3.8, 4) is 0 Å². The van der Waals surface area contributed by atoms with E-state index >= 15 is 0 Å². The minimum atomic E-state index is -0.885. The third-order valence-corrected chi connectivity index (χ3v) is 6.55. The smallest absolute Gasteiger partial charge is 0.174 e. The highest BCUT2D eigenvalue weighted by Gasteiger charge is 2.24. The van der Waals surface area contributed by atoms with Crippen molar-refractivity contribution in [1.82, 2.24) is 19.9 Å². The van der Waals surface area contributed by atoms with E-state index in [1.54, 1.807) is 20.0 Å². The quantitative estimate of drug-likeness (QED) is 0.267. The first-order valence-electron chi connectivity index (χ1n) is 14.6. The first kappa shape index (κ1) is 32.1. The van der Waals surface area contributed by atoms with Gasteiger partial charge >= 0.3 is 0 Å². The molecular weight excluding hydrogens is 522 g/mol. The fourth-order valence-corrected chi connectivity index (χ4v) is 4.62. The van der Waals surface area contributed by atoms with Crippen molar-refractivity contribution >= 4 is 22.7 Å². The number of aliphatic hydroxyl groups is 1. The number of allylic oxidation sites excluding steroid dienone is 3. The van der Waals surface area contributed by atoms with Gasteiger partial charge in [-0.1, -0.05) is 45.4 Å². The van der Waals surface area contributed by atoms with Crippen LogP contribution in [-0.2, 0) is 13.0 Å². The van der Waals surface area contributed by atoms with Crippen LogP contribution in [0.2, 0.25) is 0 Å². The zero-order valence-corrected chi connectivity index (χ0v) is 25.2. The van der Waals surface area contributed by atoms with Gasteiger partial charge in [-0.2, -0.15) is 0 Å². The predicted molar refractivity (Wildman–Crippen MR) is 164 cm³/mol. The van der Waals surface area contributed by atoms with Crippen molar-refractivity contribution in [3.05, 3.63) is 77.3 Å². The Kier molecular flexibility index (Phi) is 11.7. The normalized spacial score (nSPS) is 14.9. The lowest BCUT2D eigenvalue weighted by atomic mass is 10.0. The summed E-state index contributed by atoms with van der Waals surface area (Å²) in [6, 6.07) is 5.63. The summed E-state index contributed by atoms with van der Waals surface area (Å²) in [6.07, 6.45) is 10.2. The monoisotopic (exact) mass is 566 g/mol. The van der Waals surface area contributed by atoms with Gasteiger partial charge in [0, 0.05) is 62.2 Å². The van der Waals surface area contributed by atoms with Gasteiger partial charge in [0.1, 0.15) is 17.2 Å². The number of pyridine rings is 1. The fourth-order valence-electron chi connectivity index (χ4n) is 4.62. The molecule has 0 bridgehead atoms. The average molecular weight is 567 g/mol. The van der Waals surface area contributed by atoms with Gasteiger partial charge < -0.3 is 15.3 Å². The Morgan fingerprint density at radius 2 is 1.80 bits per heavy atom. The van der Waals surface area contributed by atoms with E-state index in [9.17, 15) is 13.9 Å². The van der Waals surface area contributed by atoms with Gasteiger partial charge in [0.2, 0.25) is 0 Å². The van der Waals surface area contributed by atoms with Crippen LogP contribution in [-0.4, -0.2) is 56.7 Å². The van der Waals surface area contributed by atoms with Crippen LogP contribution in [0.1, 0.15) is 65.6 Å². The Morgan fingerprint density at radius 3 is 2.44 bits per heavy atom. The number of rotatable bonds is 10. The van der Waals surface area contributed by atoms with E-state index in [1.807, 2.05) is 39.0 Å². The van der Waals surface area contributed by atoms with E-state index in [0.717, 1.165) is 36.1 Å². The number of aromatic nitrogens is 3. The molecule has 2 N–H and O–H groups in total. The summed E-state index contributed by atoms with van der Waals surface area (Å²) in [6.45, 7) is 14.8. The van der Waals surface area contributed by atoms with E-state index in [4.69, 9.17) is 9.97 Å². The van der Waals surface area contributed by atoms with Crippen LogP contribution >= 0.6 is 0 Å². The molecule has 0 spiro atoms. The van der Waals surface area contributed by atoms with Crippen LogP contribution in [0.4, 0.5) is 20.4 Å². The second kappa shape index (κ2) is 15.0. The van der Waals surface area contributed by atoms with Gasteiger partial charge in [-0.15, -0.1) is 0 Å². The summed E-state index contributed by atoms with van der Waals surface area (Å²) in [5.41, 5.74) is 2.68. The second-order valence-electron chi connectivity index (χ2n) is 10.6. The second-order valence-corrected chi connectivity index (χ2v) is 10.6. The molecule has 0 amide bonds. The molecular formula is C32H44F2N6O. The Labute approximate surface area is 243 Å². The largest absolute Gasteiger partial charge is 0.390 e. The number of hydrogen-bond donors (Lipinski definition) is 2. The first-order chi connectivity index (χ1) is 19.6. The van der Waals surface area contributed by atoms with Gasteiger partial charge in [0.05, 0.1) is 17.3 Å². The number of piperazine rings is 1. The van der Waals surface area contributed by atoms with E-state index in [0.29, 0.717) is 61.6 Å². The third kappa shape index (κ3) is 9.30. The van der Waals surface area contributed by atoms with Gasteiger partial charge in [0.15, 0.2) is 11.6 Å². The molecule has 9 heteroatoms. The molecule has 7 nitrogen and oxygen atoms in total. The lowest BCUT2D eigenvalue weighted by Gasteiger charge is -2.36. The number of hydrogen-bond acceptors (Lipinski definition) is 7. The minimum absolute atomic E-state index is 0.407. The van der Waals surface area contributed by atoms with Crippen molar-refractivity contribution in [2.45, 2.75) is 73.0 Å². The Morgan fingerprint density at radius 1 is 1.07 bits per heavy atom. The summed E-state index contributed by atoms with van der Waals surface area (Å²) in [5.74, 6) is 0.303. The SMILES string of the molecule is C/C=C\C(=C/CCC)Nc1nc2cnc(CC(C)(C)O)cc2nc1N1CCN(Cc2ccc(F)cc2F)CC1.CC. The Hall–Kier alpha value is -3.43. The minimum Gasteiger partial charge on any atom is -0.390 e. The third-order valence-electron chi connectivity index (χ3n) is 6.55. The summed E-state index contributed by atoms with van der Waals surface area (Å²) >= 11 is 0. The van der Waals surface area contributed by atoms with Crippen LogP contribution in [0, 0.1) is 11.6 Å². The van der Waals surface area contributed by atoms with Crippen molar-refractivity contribution < 1.29 is 13.9 Å². The number of nitrogens with zero attached hydrogens (tertiary/aromatic N) is 5. The van der Waals surface area contributed by atoms with Gasteiger partial charge in [-0.25, -0.2) is 18.7 Å². The molecule has 41 heavy (non-hydrogen) atoms. The summed E-state index contributed by atoms with van der Waals surface area (Å²) in [4.78, 5) is 18.8. The average Bonchev–Trinajstić information content (AvgIpc) is 2.94. The maximum atomic E-state index is 14.2. The molecule has 1 aliphatic heterocycles. The molecule has 2 aromatic heterocycles. The highest BCUT2D eigenvalue weighted by Crippen LogP contribution is 2.28. The van der Waals surface area contributed by atoms with Gasteiger partial charge in [0.25, 0.3) is 0 Å². The topological polar surface area (TPSA) is 77.4 Å².